The SMILES string of the molecule is COc1cc(N(CC(=O)NC[C@@H]2COc3ccccc3O2)S(C)(=O)=O)c(OC)cc1Cl. The summed E-state index contributed by atoms with van der Waals surface area (Å²) in [6.45, 7) is -0.0642. The van der Waals surface area contributed by atoms with E-state index in [1.54, 1.807) is 12.1 Å². The zero-order chi connectivity index (χ0) is 22.6. The molecular formula is C20H23ClN2O7S. The number of carbonyl (C=O) groups excluding carboxylic acids is 1. The molecule has 0 bridgehead atoms. The van der Waals surface area contributed by atoms with E-state index in [4.69, 9.17) is 30.5 Å². The van der Waals surface area contributed by atoms with Crippen molar-refractivity contribution in [3.8, 4) is 23.0 Å². The van der Waals surface area contributed by atoms with Crippen LogP contribution in [0.1, 0.15) is 0 Å². The Hall–Kier alpha value is -2.85. The summed E-state index contributed by atoms with van der Waals surface area (Å²) < 4.78 is 47.6. The highest BCUT2D eigenvalue weighted by atomic mass is 35.5. The van der Waals surface area contributed by atoms with Gasteiger partial charge in [-0.1, -0.05) is 23.7 Å². The third kappa shape index (κ3) is 5.45. The highest BCUT2D eigenvalue weighted by Crippen LogP contribution is 2.39. The molecule has 0 spiro atoms. The Balaban J connectivity index is 1.72. The maximum absolute atomic E-state index is 12.6. The Morgan fingerprint density at radius 3 is 2.52 bits per heavy atom. The fraction of sp³-hybridized carbons (Fsp3) is 0.350. The molecule has 3 rings (SSSR count). The molecule has 0 radical (unpaired) electrons. The van der Waals surface area contributed by atoms with Crippen LogP contribution in [0.4, 0.5) is 5.69 Å². The van der Waals surface area contributed by atoms with Crippen molar-refractivity contribution >= 4 is 33.2 Å². The molecule has 11 heteroatoms. The molecule has 1 amide bonds. The minimum atomic E-state index is -3.83. The zero-order valence-corrected chi connectivity index (χ0v) is 18.8. The predicted molar refractivity (Wildman–Crippen MR) is 116 cm³/mol. The molecule has 2 aromatic carbocycles. The van der Waals surface area contributed by atoms with E-state index in [-0.39, 0.29) is 35.4 Å². The summed E-state index contributed by atoms with van der Waals surface area (Å²) in [6, 6.07) is 10.1. The molecule has 9 nitrogen and oxygen atoms in total. The van der Waals surface area contributed by atoms with Gasteiger partial charge in [0.2, 0.25) is 15.9 Å². The summed E-state index contributed by atoms with van der Waals surface area (Å²) in [7, 11) is -1.05. The lowest BCUT2D eigenvalue weighted by molar-refractivity contribution is -0.120. The van der Waals surface area contributed by atoms with Crippen molar-refractivity contribution in [3.05, 3.63) is 41.4 Å². The maximum atomic E-state index is 12.6. The molecule has 0 aromatic heterocycles. The fourth-order valence-electron chi connectivity index (χ4n) is 3.00. The number of methoxy groups -OCH3 is 2. The molecule has 0 unspecified atom stereocenters. The number of anilines is 1. The average molecular weight is 471 g/mol. The van der Waals surface area contributed by atoms with Crippen molar-refractivity contribution in [2.24, 2.45) is 0 Å². The summed E-state index contributed by atoms with van der Waals surface area (Å²) in [5.41, 5.74) is 0.132. The number of sulfonamides is 1. The maximum Gasteiger partial charge on any atom is 0.240 e. The van der Waals surface area contributed by atoms with E-state index in [1.807, 2.05) is 12.1 Å². The van der Waals surface area contributed by atoms with Gasteiger partial charge < -0.3 is 24.3 Å². The molecule has 2 aromatic rings. The van der Waals surface area contributed by atoms with Gasteiger partial charge in [0.15, 0.2) is 11.5 Å². The van der Waals surface area contributed by atoms with Crippen LogP contribution in [-0.2, 0) is 14.8 Å². The largest absolute Gasteiger partial charge is 0.495 e. The predicted octanol–water partition coefficient (Wildman–Crippen LogP) is 2.08. The molecule has 1 N–H and O–H groups in total. The minimum absolute atomic E-state index is 0.132. The molecule has 0 saturated heterocycles. The summed E-state index contributed by atoms with van der Waals surface area (Å²) in [5, 5.41) is 2.93. The fourth-order valence-corrected chi connectivity index (χ4v) is 4.08. The zero-order valence-electron chi connectivity index (χ0n) is 17.3. The second kappa shape index (κ2) is 9.52. The molecule has 1 atom stereocenters. The van der Waals surface area contributed by atoms with Crippen LogP contribution in [0.15, 0.2) is 36.4 Å². The monoisotopic (exact) mass is 470 g/mol. The number of halogens is 1. The van der Waals surface area contributed by atoms with Crippen LogP contribution in [0, 0.1) is 0 Å². The number of nitrogens with one attached hydrogen (secondary N) is 1. The molecule has 1 aliphatic heterocycles. The van der Waals surface area contributed by atoms with Gasteiger partial charge in [0.1, 0.15) is 30.8 Å². The first kappa shape index (κ1) is 22.8. The number of amides is 1. The third-order valence-corrected chi connectivity index (χ3v) is 5.93. The normalized spacial score (nSPS) is 15.2. The van der Waals surface area contributed by atoms with Crippen molar-refractivity contribution in [2.75, 3.05) is 44.5 Å². The lowest BCUT2D eigenvalue weighted by Gasteiger charge is -2.27. The van der Waals surface area contributed by atoms with Crippen molar-refractivity contribution in [3.63, 3.8) is 0 Å². The molecule has 0 saturated carbocycles. The topological polar surface area (TPSA) is 103 Å². The van der Waals surface area contributed by atoms with Crippen molar-refractivity contribution in [2.45, 2.75) is 6.10 Å². The third-order valence-electron chi connectivity index (χ3n) is 4.50. The van der Waals surface area contributed by atoms with Gasteiger partial charge in [-0.2, -0.15) is 0 Å². The standard InChI is InChI=1S/C20H23ClN2O7S/c1-27-18-9-15(19(28-2)8-14(18)21)23(31(3,25)26)11-20(24)22-10-13-12-29-16-6-4-5-7-17(16)30-13/h4-9,13H,10-12H2,1-3H3,(H,22,24)/t13-/m1/s1. The average Bonchev–Trinajstić information content (AvgIpc) is 2.75. The molecule has 0 aliphatic carbocycles. The van der Waals surface area contributed by atoms with Crippen molar-refractivity contribution in [1.82, 2.24) is 5.32 Å². The Morgan fingerprint density at radius 2 is 1.87 bits per heavy atom. The summed E-state index contributed by atoms with van der Waals surface area (Å²) in [5.74, 6) is 1.13. The molecular weight excluding hydrogens is 448 g/mol. The van der Waals surface area contributed by atoms with E-state index >= 15 is 0 Å². The first-order valence-corrected chi connectivity index (χ1v) is 11.5. The summed E-state index contributed by atoms with van der Waals surface area (Å²) in [6.07, 6.45) is 0.589. The number of hydrogen-bond acceptors (Lipinski definition) is 7. The van der Waals surface area contributed by atoms with Crippen LogP contribution in [0.5, 0.6) is 23.0 Å². The lowest BCUT2D eigenvalue weighted by Crippen LogP contribution is -2.45. The Morgan fingerprint density at radius 1 is 1.19 bits per heavy atom. The van der Waals surface area contributed by atoms with Gasteiger partial charge in [-0.3, -0.25) is 9.10 Å². The number of fused-ring (bicyclic) bond motifs is 1. The van der Waals surface area contributed by atoms with Gasteiger partial charge in [-0.05, 0) is 12.1 Å². The number of rotatable bonds is 8. The number of hydrogen-bond donors (Lipinski definition) is 1. The molecule has 1 aliphatic rings. The van der Waals surface area contributed by atoms with Gasteiger partial charge in [0, 0.05) is 12.1 Å². The first-order chi connectivity index (χ1) is 14.7. The minimum Gasteiger partial charge on any atom is -0.495 e. The van der Waals surface area contributed by atoms with E-state index in [0.717, 1.165) is 10.6 Å². The lowest BCUT2D eigenvalue weighted by atomic mass is 10.2. The first-order valence-electron chi connectivity index (χ1n) is 9.27. The van der Waals surface area contributed by atoms with Crippen LogP contribution in [0.2, 0.25) is 5.02 Å². The smallest absolute Gasteiger partial charge is 0.240 e. The number of nitrogens with zero attached hydrogens (tertiary/aromatic N) is 1. The summed E-state index contributed by atoms with van der Waals surface area (Å²) in [4.78, 5) is 12.6. The quantitative estimate of drug-likeness (QED) is 0.630. The van der Waals surface area contributed by atoms with E-state index in [9.17, 15) is 13.2 Å². The Kier molecular flexibility index (Phi) is 7.01. The van der Waals surface area contributed by atoms with Crippen LogP contribution in [0.3, 0.4) is 0 Å². The van der Waals surface area contributed by atoms with Gasteiger partial charge in [-0.15, -0.1) is 0 Å². The van der Waals surface area contributed by atoms with Crippen LogP contribution in [-0.4, -0.2) is 60.6 Å². The highest BCUT2D eigenvalue weighted by Gasteiger charge is 2.27. The second-order valence-electron chi connectivity index (χ2n) is 6.73. The number of ether oxygens (including phenoxy) is 4. The van der Waals surface area contributed by atoms with E-state index in [1.165, 1.54) is 26.4 Å². The van der Waals surface area contributed by atoms with Gasteiger partial charge in [0.05, 0.1) is 37.7 Å². The van der Waals surface area contributed by atoms with E-state index < -0.39 is 28.6 Å². The summed E-state index contributed by atoms with van der Waals surface area (Å²) >= 11 is 6.10. The van der Waals surface area contributed by atoms with E-state index in [0.29, 0.717) is 11.5 Å². The number of benzene rings is 2. The molecule has 168 valence electrons. The van der Waals surface area contributed by atoms with Crippen molar-refractivity contribution in [1.29, 1.82) is 0 Å². The number of carbonyl (C=O) groups is 1. The van der Waals surface area contributed by atoms with E-state index in [2.05, 4.69) is 5.32 Å². The molecule has 0 fully saturated rings. The Labute approximate surface area is 185 Å². The van der Waals surface area contributed by atoms with Gasteiger partial charge in [-0.25, -0.2) is 8.42 Å². The Bertz CT molecular complexity index is 1060. The van der Waals surface area contributed by atoms with Crippen LogP contribution >= 0.6 is 11.6 Å². The number of para-hydroxylation sites is 2. The van der Waals surface area contributed by atoms with Crippen LogP contribution in [0.25, 0.3) is 0 Å². The molecule has 1 heterocycles. The van der Waals surface area contributed by atoms with Gasteiger partial charge >= 0.3 is 0 Å². The second-order valence-corrected chi connectivity index (χ2v) is 9.04. The highest BCUT2D eigenvalue weighted by molar-refractivity contribution is 7.92. The van der Waals surface area contributed by atoms with Crippen molar-refractivity contribution < 1.29 is 32.2 Å². The van der Waals surface area contributed by atoms with Gasteiger partial charge in [0.25, 0.3) is 0 Å². The van der Waals surface area contributed by atoms with Crippen LogP contribution < -0.4 is 28.6 Å². The molecule has 31 heavy (non-hydrogen) atoms.